The number of hydrogen-bond donors (Lipinski definition) is 0. The number of carbonyl (C=O) groups is 1. The Hall–Kier alpha value is -2.40. The van der Waals surface area contributed by atoms with Crippen LogP contribution in [0.4, 0.5) is 4.39 Å². The van der Waals surface area contributed by atoms with E-state index in [4.69, 9.17) is 9.47 Å². The third-order valence-electron chi connectivity index (χ3n) is 5.73. The van der Waals surface area contributed by atoms with Crippen LogP contribution in [0.3, 0.4) is 0 Å². The summed E-state index contributed by atoms with van der Waals surface area (Å²) in [5.41, 5.74) is 2.91. The second-order valence-electron chi connectivity index (χ2n) is 7.27. The van der Waals surface area contributed by atoms with E-state index in [1.165, 1.54) is 17.7 Å². The molecule has 0 radical (unpaired) electrons. The van der Waals surface area contributed by atoms with E-state index in [0.29, 0.717) is 26.1 Å². The van der Waals surface area contributed by atoms with Gasteiger partial charge in [0.1, 0.15) is 17.2 Å². The highest BCUT2D eigenvalue weighted by Crippen LogP contribution is 2.45. The summed E-state index contributed by atoms with van der Waals surface area (Å²) in [6.45, 7) is 2.00. The van der Waals surface area contributed by atoms with Crippen molar-refractivity contribution in [3.63, 3.8) is 0 Å². The third kappa shape index (κ3) is 3.44. The quantitative estimate of drug-likeness (QED) is 0.832. The summed E-state index contributed by atoms with van der Waals surface area (Å²) in [6.07, 6.45) is 2.71. The first-order chi connectivity index (χ1) is 13.1. The van der Waals surface area contributed by atoms with Crippen molar-refractivity contribution in [2.75, 3.05) is 26.8 Å². The summed E-state index contributed by atoms with van der Waals surface area (Å²) >= 11 is 0. The lowest BCUT2D eigenvalue weighted by atomic mass is 9.78. The van der Waals surface area contributed by atoms with E-state index in [1.807, 2.05) is 17.0 Å². The maximum absolute atomic E-state index is 13.0. The van der Waals surface area contributed by atoms with Gasteiger partial charge in [-0.3, -0.25) is 4.79 Å². The van der Waals surface area contributed by atoms with Crippen LogP contribution in [0.5, 0.6) is 5.75 Å². The predicted octanol–water partition coefficient (Wildman–Crippen LogP) is 3.47. The topological polar surface area (TPSA) is 38.8 Å². The van der Waals surface area contributed by atoms with Crippen molar-refractivity contribution < 1.29 is 18.7 Å². The molecule has 0 atom stereocenters. The summed E-state index contributed by atoms with van der Waals surface area (Å²) in [5.74, 6) is 0.666. The Morgan fingerprint density at radius 2 is 1.93 bits per heavy atom. The van der Waals surface area contributed by atoms with E-state index in [2.05, 4.69) is 6.07 Å². The number of hydrogen-bond acceptors (Lipinski definition) is 3. The van der Waals surface area contributed by atoms with Crippen LogP contribution >= 0.6 is 0 Å². The number of likely N-dealkylation sites (tertiary alicyclic amines) is 1. The van der Waals surface area contributed by atoms with Crippen LogP contribution in [-0.2, 0) is 28.0 Å². The first-order valence-corrected chi connectivity index (χ1v) is 9.44. The summed E-state index contributed by atoms with van der Waals surface area (Å²) in [5, 5.41) is 0. The molecule has 27 heavy (non-hydrogen) atoms. The van der Waals surface area contributed by atoms with Crippen molar-refractivity contribution in [3.8, 4) is 5.75 Å². The van der Waals surface area contributed by atoms with Gasteiger partial charge in [0.25, 0.3) is 0 Å². The van der Waals surface area contributed by atoms with Gasteiger partial charge in [-0.1, -0.05) is 24.3 Å². The van der Waals surface area contributed by atoms with Gasteiger partial charge in [-0.25, -0.2) is 4.39 Å². The Labute approximate surface area is 158 Å². The standard InChI is InChI=1S/C22H24FNO3/c1-26-19-4-2-3-17-9-14-27-22(21(17)19)10-12-24(13-11-22)20(25)15-16-5-7-18(23)8-6-16/h2-8H,9-15H2,1H3. The summed E-state index contributed by atoms with van der Waals surface area (Å²) in [6, 6.07) is 12.3. The number of piperidine rings is 1. The van der Waals surface area contributed by atoms with E-state index in [1.54, 1.807) is 19.2 Å². The number of amides is 1. The fourth-order valence-electron chi connectivity index (χ4n) is 4.30. The molecule has 5 heteroatoms. The molecule has 1 amide bonds. The predicted molar refractivity (Wildman–Crippen MR) is 100 cm³/mol. The molecule has 2 aliphatic rings. The second kappa shape index (κ2) is 7.31. The highest BCUT2D eigenvalue weighted by atomic mass is 19.1. The fraction of sp³-hybridized carbons (Fsp3) is 0.409. The number of benzene rings is 2. The average Bonchev–Trinajstić information content (AvgIpc) is 2.70. The van der Waals surface area contributed by atoms with E-state index in [-0.39, 0.29) is 17.3 Å². The van der Waals surface area contributed by atoms with Crippen molar-refractivity contribution in [2.24, 2.45) is 0 Å². The number of rotatable bonds is 3. The molecule has 0 unspecified atom stereocenters. The van der Waals surface area contributed by atoms with Gasteiger partial charge in [0.05, 0.1) is 20.1 Å². The zero-order valence-electron chi connectivity index (χ0n) is 15.5. The van der Waals surface area contributed by atoms with E-state index < -0.39 is 0 Å². The number of methoxy groups -OCH3 is 1. The van der Waals surface area contributed by atoms with Crippen LogP contribution in [-0.4, -0.2) is 37.6 Å². The lowest BCUT2D eigenvalue weighted by Crippen LogP contribution is -2.48. The lowest BCUT2D eigenvalue weighted by Gasteiger charge is -2.45. The van der Waals surface area contributed by atoms with Crippen molar-refractivity contribution in [2.45, 2.75) is 31.3 Å². The van der Waals surface area contributed by atoms with Gasteiger partial charge in [-0.05, 0) is 48.6 Å². The zero-order valence-corrected chi connectivity index (χ0v) is 15.5. The van der Waals surface area contributed by atoms with Crippen molar-refractivity contribution in [1.29, 1.82) is 0 Å². The molecule has 1 saturated heterocycles. The molecule has 2 heterocycles. The number of carbonyl (C=O) groups excluding carboxylic acids is 1. The molecule has 2 aliphatic heterocycles. The molecule has 1 spiro atoms. The minimum absolute atomic E-state index is 0.0764. The lowest BCUT2D eigenvalue weighted by molar-refractivity contribution is -0.140. The highest BCUT2D eigenvalue weighted by molar-refractivity contribution is 5.79. The molecule has 1 fully saturated rings. The maximum Gasteiger partial charge on any atom is 0.226 e. The van der Waals surface area contributed by atoms with Crippen LogP contribution in [0.2, 0.25) is 0 Å². The third-order valence-corrected chi connectivity index (χ3v) is 5.73. The minimum Gasteiger partial charge on any atom is -0.496 e. The SMILES string of the molecule is COc1cccc2c1C1(CCN(C(=O)Cc3ccc(F)cc3)CC1)OCC2. The van der Waals surface area contributed by atoms with Gasteiger partial charge in [0.2, 0.25) is 5.91 Å². The molecule has 2 aromatic rings. The normalized spacial score (nSPS) is 18.2. The molecule has 0 saturated carbocycles. The molecule has 0 bridgehead atoms. The van der Waals surface area contributed by atoms with Gasteiger partial charge in [-0.2, -0.15) is 0 Å². The Morgan fingerprint density at radius 3 is 2.63 bits per heavy atom. The van der Waals surface area contributed by atoms with E-state index in [9.17, 15) is 9.18 Å². The first kappa shape index (κ1) is 18.0. The summed E-state index contributed by atoms with van der Waals surface area (Å²) < 4.78 is 24.9. The summed E-state index contributed by atoms with van der Waals surface area (Å²) in [4.78, 5) is 14.5. The van der Waals surface area contributed by atoms with Gasteiger partial charge >= 0.3 is 0 Å². The number of nitrogens with zero attached hydrogens (tertiary/aromatic N) is 1. The van der Waals surface area contributed by atoms with Crippen LogP contribution in [0, 0.1) is 5.82 Å². The van der Waals surface area contributed by atoms with Crippen LogP contribution in [0.25, 0.3) is 0 Å². The Morgan fingerprint density at radius 1 is 1.19 bits per heavy atom. The van der Waals surface area contributed by atoms with Crippen molar-refractivity contribution in [1.82, 2.24) is 4.90 Å². The van der Waals surface area contributed by atoms with Crippen molar-refractivity contribution in [3.05, 3.63) is 65.0 Å². The monoisotopic (exact) mass is 369 g/mol. The molecular formula is C22H24FNO3. The number of fused-ring (bicyclic) bond motifs is 2. The van der Waals surface area contributed by atoms with Gasteiger partial charge in [-0.15, -0.1) is 0 Å². The molecular weight excluding hydrogens is 345 g/mol. The largest absolute Gasteiger partial charge is 0.496 e. The van der Waals surface area contributed by atoms with Crippen LogP contribution in [0.15, 0.2) is 42.5 Å². The van der Waals surface area contributed by atoms with Crippen molar-refractivity contribution >= 4 is 5.91 Å². The average molecular weight is 369 g/mol. The fourth-order valence-corrected chi connectivity index (χ4v) is 4.30. The second-order valence-corrected chi connectivity index (χ2v) is 7.27. The maximum atomic E-state index is 13.0. The number of ether oxygens (including phenoxy) is 2. The van der Waals surface area contributed by atoms with Gasteiger partial charge < -0.3 is 14.4 Å². The van der Waals surface area contributed by atoms with Gasteiger partial charge in [0, 0.05) is 18.7 Å². The van der Waals surface area contributed by atoms with E-state index >= 15 is 0 Å². The molecule has 142 valence electrons. The summed E-state index contributed by atoms with van der Waals surface area (Å²) in [7, 11) is 1.69. The minimum atomic E-state index is -0.368. The zero-order chi connectivity index (χ0) is 18.9. The Bertz CT molecular complexity index is 812. The molecule has 4 rings (SSSR count). The Kier molecular flexibility index (Phi) is 4.87. The molecule has 0 aliphatic carbocycles. The number of halogens is 1. The highest BCUT2D eigenvalue weighted by Gasteiger charge is 2.43. The Balaban J connectivity index is 1.48. The van der Waals surface area contributed by atoms with Gasteiger partial charge in [0.15, 0.2) is 0 Å². The smallest absolute Gasteiger partial charge is 0.226 e. The van der Waals surface area contributed by atoms with E-state index in [0.717, 1.165) is 36.1 Å². The van der Waals surface area contributed by atoms with Crippen LogP contribution in [0.1, 0.15) is 29.5 Å². The first-order valence-electron chi connectivity index (χ1n) is 9.44. The molecule has 0 N–H and O–H groups in total. The molecule has 2 aromatic carbocycles. The molecule has 0 aromatic heterocycles. The molecule has 4 nitrogen and oxygen atoms in total. The van der Waals surface area contributed by atoms with Crippen LogP contribution < -0.4 is 4.74 Å².